The van der Waals surface area contributed by atoms with Gasteiger partial charge in [-0.1, -0.05) is 12.8 Å². The van der Waals surface area contributed by atoms with Crippen LogP contribution in [0.2, 0.25) is 0 Å². The first-order chi connectivity index (χ1) is 12.3. The van der Waals surface area contributed by atoms with E-state index in [1.54, 1.807) is 7.05 Å². The Kier molecular flexibility index (Phi) is 5.38. The van der Waals surface area contributed by atoms with Crippen molar-refractivity contribution < 1.29 is 22.8 Å². The van der Waals surface area contributed by atoms with Gasteiger partial charge < -0.3 is 15.1 Å². The highest BCUT2D eigenvalue weighted by molar-refractivity contribution is 5.89. The summed E-state index contributed by atoms with van der Waals surface area (Å²) >= 11 is 0. The van der Waals surface area contributed by atoms with E-state index in [-0.39, 0.29) is 17.5 Å². The maximum Gasteiger partial charge on any atom is 0.321 e. The molecule has 8 heteroatoms. The molecule has 26 heavy (non-hydrogen) atoms. The Hall–Kier alpha value is -2.25. The molecule has 142 valence electrons. The first kappa shape index (κ1) is 18.5. The highest BCUT2D eigenvalue weighted by Gasteiger charge is 2.36. The van der Waals surface area contributed by atoms with Crippen LogP contribution in [0.4, 0.5) is 23.7 Å². The maximum atomic E-state index is 13.2. The van der Waals surface area contributed by atoms with Crippen LogP contribution >= 0.6 is 0 Å². The lowest BCUT2D eigenvalue weighted by molar-refractivity contribution is -0.129. The molecule has 0 spiro atoms. The summed E-state index contributed by atoms with van der Waals surface area (Å²) in [5.74, 6) is -4.15. The van der Waals surface area contributed by atoms with Crippen molar-refractivity contribution in [1.29, 1.82) is 0 Å². The molecule has 1 unspecified atom stereocenters. The van der Waals surface area contributed by atoms with E-state index >= 15 is 0 Å². The molecular weight excluding hydrogens is 347 g/mol. The second-order valence-electron chi connectivity index (χ2n) is 7.12. The van der Waals surface area contributed by atoms with E-state index < -0.39 is 23.5 Å². The fourth-order valence-electron chi connectivity index (χ4n) is 3.82. The molecule has 1 saturated heterocycles. The summed E-state index contributed by atoms with van der Waals surface area (Å²) in [7, 11) is 1.55. The predicted octanol–water partition coefficient (Wildman–Crippen LogP) is 3.36. The van der Waals surface area contributed by atoms with Crippen molar-refractivity contribution in [2.45, 2.75) is 38.1 Å². The van der Waals surface area contributed by atoms with Gasteiger partial charge >= 0.3 is 6.03 Å². The molecule has 1 heterocycles. The smallest absolute Gasteiger partial charge is 0.321 e. The number of nitrogens with one attached hydrogen (secondary N) is 1. The first-order valence-corrected chi connectivity index (χ1v) is 8.81. The van der Waals surface area contributed by atoms with Crippen LogP contribution in [-0.4, -0.2) is 47.9 Å². The standard InChI is InChI=1S/C18H22F3N3O2/c1-23(18(26)22-12-7-14(19)17(21)15(20)8-12)9-11-6-16(25)24(10-11)13-4-2-3-5-13/h7-8,11,13H,2-6,9-10H2,1H3,(H,22,26). The van der Waals surface area contributed by atoms with Gasteiger partial charge in [-0.15, -0.1) is 0 Å². The molecule has 1 aliphatic carbocycles. The van der Waals surface area contributed by atoms with Gasteiger partial charge in [-0.2, -0.15) is 0 Å². The maximum absolute atomic E-state index is 13.2. The topological polar surface area (TPSA) is 52.7 Å². The number of hydrogen-bond acceptors (Lipinski definition) is 2. The number of rotatable bonds is 4. The normalized spacial score (nSPS) is 20.7. The molecule has 0 bridgehead atoms. The SMILES string of the molecule is CN(CC1CC(=O)N(C2CCCC2)C1)C(=O)Nc1cc(F)c(F)c(F)c1. The lowest BCUT2D eigenvalue weighted by atomic mass is 10.1. The summed E-state index contributed by atoms with van der Waals surface area (Å²) in [6.07, 6.45) is 4.76. The van der Waals surface area contributed by atoms with E-state index in [4.69, 9.17) is 0 Å². The molecule has 5 nitrogen and oxygen atoms in total. The van der Waals surface area contributed by atoms with Gasteiger partial charge in [0.2, 0.25) is 5.91 Å². The number of likely N-dealkylation sites (tertiary alicyclic amines) is 1. The third-order valence-corrected chi connectivity index (χ3v) is 5.12. The number of amides is 3. The van der Waals surface area contributed by atoms with Gasteiger partial charge in [0.05, 0.1) is 0 Å². The number of benzene rings is 1. The summed E-state index contributed by atoms with van der Waals surface area (Å²) in [4.78, 5) is 27.7. The largest absolute Gasteiger partial charge is 0.339 e. The molecule has 1 aliphatic heterocycles. The zero-order valence-corrected chi connectivity index (χ0v) is 14.6. The van der Waals surface area contributed by atoms with Crippen LogP contribution < -0.4 is 5.32 Å². The van der Waals surface area contributed by atoms with Crippen molar-refractivity contribution in [2.75, 3.05) is 25.5 Å². The Bertz CT molecular complexity index is 684. The van der Waals surface area contributed by atoms with Crippen LogP contribution in [0.1, 0.15) is 32.1 Å². The second kappa shape index (κ2) is 7.55. The molecule has 1 N–H and O–H groups in total. The number of nitrogens with zero attached hydrogens (tertiary/aromatic N) is 2. The van der Waals surface area contributed by atoms with Crippen LogP contribution in [0, 0.1) is 23.4 Å². The Labute approximate surface area is 150 Å². The van der Waals surface area contributed by atoms with Crippen molar-refractivity contribution >= 4 is 17.6 Å². The predicted molar refractivity (Wildman–Crippen MR) is 90.0 cm³/mol. The molecular formula is C18H22F3N3O2. The third kappa shape index (κ3) is 3.94. The van der Waals surface area contributed by atoms with Gasteiger partial charge in [-0.05, 0) is 12.8 Å². The van der Waals surface area contributed by atoms with Gasteiger partial charge in [-0.25, -0.2) is 18.0 Å². The second-order valence-corrected chi connectivity index (χ2v) is 7.12. The van der Waals surface area contributed by atoms with Gasteiger partial charge in [-0.3, -0.25) is 4.79 Å². The van der Waals surface area contributed by atoms with Crippen LogP contribution in [0.5, 0.6) is 0 Å². The summed E-state index contributed by atoms with van der Waals surface area (Å²) in [5, 5.41) is 2.34. The summed E-state index contributed by atoms with van der Waals surface area (Å²) in [6.45, 7) is 0.980. The van der Waals surface area contributed by atoms with E-state index in [0.29, 0.717) is 25.6 Å². The van der Waals surface area contributed by atoms with Crippen LogP contribution in [0.25, 0.3) is 0 Å². The van der Waals surface area contributed by atoms with Gasteiger partial charge in [0.15, 0.2) is 17.5 Å². The molecule has 3 amide bonds. The van der Waals surface area contributed by atoms with E-state index in [1.807, 2.05) is 4.90 Å². The van der Waals surface area contributed by atoms with Crippen molar-refractivity contribution in [3.63, 3.8) is 0 Å². The quantitative estimate of drug-likeness (QED) is 0.828. The van der Waals surface area contributed by atoms with Crippen molar-refractivity contribution in [3.8, 4) is 0 Å². The molecule has 0 radical (unpaired) electrons. The van der Waals surface area contributed by atoms with E-state index in [0.717, 1.165) is 37.8 Å². The molecule has 2 fully saturated rings. The van der Waals surface area contributed by atoms with Crippen LogP contribution in [0.15, 0.2) is 12.1 Å². The molecule has 1 aromatic rings. The average molecular weight is 369 g/mol. The lowest BCUT2D eigenvalue weighted by Crippen LogP contribution is -2.38. The Balaban J connectivity index is 1.55. The third-order valence-electron chi connectivity index (χ3n) is 5.12. The minimum atomic E-state index is -1.58. The van der Waals surface area contributed by atoms with E-state index in [2.05, 4.69) is 5.32 Å². The number of anilines is 1. The minimum absolute atomic E-state index is 0.0283. The Morgan fingerprint density at radius 2 is 1.85 bits per heavy atom. The van der Waals surface area contributed by atoms with Crippen LogP contribution in [0.3, 0.4) is 0 Å². The molecule has 1 aromatic carbocycles. The molecule has 0 aromatic heterocycles. The van der Waals surface area contributed by atoms with Crippen molar-refractivity contribution in [2.24, 2.45) is 5.92 Å². The van der Waals surface area contributed by atoms with Gasteiger partial charge in [0.1, 0.15) is 0 Å². The van der Waals surface area contributed by atoms with Crippen molar-refractivity contribution in [3.05, 3.63) is 29.6 Å². The highest BCUT2D eigenvalue weighted by Crippen LogP contribution is 2.29. The van der Waals surface area contributed by atoms with E-state index in [9.17, 15) is 22.8 Å². The number of halogens is 3. The summed E-state index contributed by atoms with van der Waals surface area (Å²) in [5.41, 5.74) is -0.159. The Morgan fingerprint density at radius 3 is 2.46 bits per heavy atom. The molecule has 3 rings (SSSR count). The zero-order chi connectivity index (χ0) is 18.8. The van der Waals surface area contributed by atoms with Crippen molar-refractivity contribution in [1.82, 2.24) is 9.80 Å². The number of urea groups is 1. The molecule has 1 atom stereocenters. The number of hydrogen-bond donors (Lipinski definition) is 1. The lowest BCUT2D eigenvalue weighted by Gasteiger charge is -2.25. The average Bonchev–Trinajstić information content (AvgIpc) is 3.22. The number of carbonyl (C=O) groups is 2. The summed E-state index contributed by atoms with van der Waals surface area (Å²) in [6, 6.07) is 1.20. The number of carbonyl (C=O) groups excluding carboxylic acids is 2. The first-order valence-electron chi connectivity index (χ1n) is 8.81. The summed E-state index contributed by atoms with van der Waals surface area (Å²) < 4.78 is 39.4. The monoisotopic (exact) mass is 369 g/mol. The highest BCUT2D eigenvalue weighted by atomic mass is 19.2. The fourth-order valence-corrected chi connectivity index (χ4v) is 3.82. The molecule has 2 aliphatic rings. The Morgan fingerprint density at radius 1 is 1.23 bits per heavy atom. The zero-order valence-electron chi connectivity index (χ0n) is 14.6. The molecule has 1 saturated carbocycles. The van der Waals surface area contributed by atoms with Gasteiger partial charge in [0.25, 0.3) is 0 Å². The minimum Gasteiger partial charge on any atom is -0.339 e. The van der Waals surface area contributed by atoms with Crippen LogP contribution in [-0.2, 0) is 4.79 Å². The van der Waals surface area contributed by atoms with Gasteiger partial charge in [0, 0.05) is 56.3 Å². The fraction of sp³-hybridized carbons (Fsp3) is 0.556. The van der Waals surface area contributed by atoms with E-state index in [1.165, 1.54) is 4.90 Å².